The molecule has 0 spiro atoms. The Morgan fingerprint density at radius 1 is 1.00 bits per heavy atom. The Balaban J connectivity index is 1.39. The highest BCUT2D eigenvalue weighted by Gasteiger charge is 2.36. The summed E-state index contributed by atoms with van der Waals surface area (Å²) in [6.07, 6.45) is 3.65. The first-order valence-corrected chi connectivity index (χ1v) is 13.5. The van der Waals surface area contributed by atoms with Crippen LogP contribution in [-0.2, 0) is 24.1 Å². The number of nitrogens with one attached hydrogen (secondary N) is 1. The highest BCUT2D eigenvalue weighted by atomic mass is 19.4. The van der Waals surface area contributed by atoms with Gasteiger partial charge in [-0.15, -0.1) is 0 Å². The van der Waals surface area contributed by atoms with E-state index in [1.807, 2.05) is 40.1 Å². The highest BCUT2D eigenvalue weighted by molar-refractivity contribution is 6.31. The van der Waals surface area contributed by atoms with Gasteiger partial charge in [0.05, 0.1) is 28.5 Å². The lowest BCUT2D eigenvalue weighted by atomic mass is 9.97. The van der Waals surface area contributed by atoms with Crippen molar-refractivity contribution in [2.45, 2.75) is 38.5 Å². The number of likely N-dealkylation sites (tertiary alicyclic amines) is 1. The van der Waals surface area contributed by atoms with Gasteiger partial charge in [-0.05, 0) is 54.7 Å². The minimum atomic E-state index is -4.57. The van der Waals surface area contributed by atoms with Crippen LogP contribution < -0.4 is 5.32 Å². The maximum atomic E-state index is 14.2. The van der Waals surface area contributed by atoms with Gasteiger partial charge in [0.2, 0.25) is 0 Å². The Morgan fingerprint density at radius 3 is 2.62 bits per heavy atom. The van der Waals surface area contributed by atoms with Gasteiger partial charge in [-0.2, -0.15) is 13.2 Å². The molecule has 3 aromatic heterocycles. The lowest BCUT2D eigenvalue weighted by Crippen LogP contribution is -2.45. The van der Waals surface area contributed by atoms with E-state index < -0.39 is 11.7 Å². The van der Waals surface area contributed by atoms with Gasteiger partial charge in [-0.3, -0.25) is 9.20 Å². The normalized spacial score (nSPS) is 18.1. The molecule has 3 amide bonds. The SMILES string of the molecule is O=C1NCC(c2cn3c4c(cc(C(F)(F)F)cc24)CN(C(=O)N2CCCCC2)CC3)=C1c1cnc2ccccn12. The monoisotopic (exact) mass is 548 g/mol. The summed E-state index contributed by atoms with van der Waals surface area (Å²) >= 11 is 0. The zero-order chi connectivity index (χ0) is 27.6. The van der Waals surface area contributed by atoms with Gasteiger partial charge in [-0.1, -0.05) is 6.07 Å². The number of amides is 3. The lowest BCUT2D eigenvalue weighted by Gasteiger charge is -2.32. The lowest BCUT2D eigenvalue weighted by molar-refractivity contribution is -0.137. The zero-order valence-corrected chi connectivity index (χ0v) is 21.7. The van der Waals surface area contributed by atoms with E-state index >= 15 is 0 Å². The number of urea groups is 1. The van der Waals surface area contributed by atoms with Gasteiger partial charge in [0, 0.05) is 62.6 Å². The van der Waals surface area contributed by atoms with Crippen LogP contribution in [0.25, 0.3) is 27.7 Å². The van der Waals surface area contributed by atoms with Crippen LogP contribution in [0.3, 0.4) is 0 Å². The third kappa shape index (κ3) is 3.94. The smallest absolute Gasteiger partial charge is 0.348 e. The standard InChI is InChI=1S/C29H27F3N6O2/c30-29(31,32)19-12-18-16-37(28(40)35-7-3-1-4-8-35)11-10-36-17-22(20(13-19)26(18)36)21-14-34-27(39)25(21)23-15-33-24-6-2-5-9-38(23)24/h2,5-6,9,12-13,15,17H,1,3-4,7-8,10-11,14,16H2,(H,34,39). The fourth-order valence-electron chi connectivity index (χ4n) is 6.29. The molecule has 1 aromatic carbocycles. The fraction of sp³-hybridized carbons (Fsp3) is 0.345. The average molecular weight is 549 g/mol. The van der Waals surface area contributed by atoms with E-state index in [0.717, 1.165) is 19.3 Å². The van der Waals surface area contributed by atoms with Gasteiger partial charge in [0.1, 0.15) is 5.65 Å². The molecule has 3 aliphatic rings. The summed E-state index contributed by atoms with van der Waals surface area (Å²) in [6.45, 7) is 2.45. The van der Waals surface area contributed by atoms with Crippen molar-refractivity contribution in [3.8, 4) is 0 Å². The molecule has 40 heavy (non-hydrogen) atoms. The average Bonchev–Trinajstić information content (AvgIpc) is 3.61. The molecule has 0 aliphatic carbocycles. The minimum absolute atomic E-state index is 0.0928. The van der Waals surface area contributed by atoms with E-state index in [1.54, 1.807) is 15.5 Å². The molecule has 0 atom stereocenters. The van der Waals surface area contributed by atoms with Crippen LogP contribution >= 0.6 is 0 Å². The molecule has 7 rings (SSSR count). The number of aromatic nitrogens is 3. The highest BCUT2D eigenvalue weighted by Crippen LogP contribution is 2.41. The van der Waals surface area contributed by atoms with Crippen LogP contribution in [0.5, 0.6) is 0 Å². The first-order chi connectivity index (χ1) is 19.3. The molecular formula is C29H27F3N6O2. The number of fused-ring (bicyclic) bond motifs is 1. The second kappa shape index (κ2) is 9.14. The summed E-state index contributed by atoms with van der Waals surface area (Å²) in [5.74, 6) is -0.292. The first-order valence-electron chi connectivity index (χ1n) is 13.5. The Hall–Kier alpha value is -4.28. The summed E-state index contributed by atoms with van der Waals surface area (Å²) in [6, 6.07) is 7.73. The number of carbonyl (C=O) groups excluding carboxylic acids is 2. The molecule has 6 heterocycles. The van der Waals surface area contributed by atoms with Crippen molar-refractivity contribution in [3.05, 3.63) is 71.3 Å². The van der Waals surface area contributed by atoms with Crippen LogP contribution in [0.2, 0.25) is 0 Å². The molecule has 8 nitrogen and oxygen atoms in total. The summed E-state index contributed by atoms with van der Waals surface area (Å²) in [5.41, 5.74) is 3.21. The molecule has 206 valence electrons. The molecule has 3 aliphatic heterocycles. The Morgan fingerprint density at radius 2 is 1.82 bits per heavy atom. The maximum absolute atomic E-state index is 14.2. The number of hydrogen-bond acceptors (Lipinski definition) is 3. The number of imidazole rings is 1. The van der Waals surface area contributed by atoms with Crippen molar-refractivity contribution < 1.29 is 22.8 Å². The molecular weight excluding hydrogens is 521 g/mol. The molecule has 1 N–H and O–H groups in total. The number of rotatable bonds is 2. The number of hydrogen-bond donors (Lipinski definition) is 1. The van der Waals surface area contributed by atoms with Gasteiger partial charge in [0.25, 0.3) is 5.91 Å². The number of carbonyl (C=O) groups is 2. The number of alkyl halides is 3. The van der Waals surface area contributed by atoms with Gasteiger partial charge < -0.3 is 19.7 Å². The minimum Gasteiger partial charge on any atom is -0.348 e. The zero-order valence-electron chi connectivity index (χ0n) is 21.7. The molecule has 1 fully saturated rings. The second-order valence-electron chi connectivity index (χ2n) is 10.6. The summed E-state index contributed by atoms with van der Waals surface area (Å²) in [7, 11) is 0. The molecule has 0 bridgehead atoms. The summed E-state index contributed by atoms with van der Waals surface area (Å²) < 4.78 is 46.2. The first kappa shape index (κ1) is 24.7. The van der Waals surface area contributed by atoms with Gasteiger partial charge in [-0.25, -0.2) is 9.78 Å². The van der Waals surface area contributed by atoms with Crippen molar-refractivity contribution >= 4 is 39.6 Å². The molecule has 4 aromatic rings. The van der Waals surface area contributed by atoms with Crippen LogP contribution in [0.4, 0.5) is 18.0 Å². The second-order valence-corrected chi connectivity index (χ2v) is 10.6. The van der Waals surface area contributed by atoms with E-state index in [4.69, 9.17) is 0 Å². The molecule has 0 radical (unpaired) electrons. The summed E-state index contributed by atoms with van der Waals surface area (Å²) in [4.78, 5) is 34.3. The summed E-state index contributed by atoms with van der Waals surface area (Å²) in [5, 5.41) is 3.29. The number of nitrogens with zero attached hydrogens (tertiary/aromatic N) is 5. The van der Waals surface area contributed by atoms with E-state index in [1.165, 1.54) is 12.1 Å². The topological polar surface area (TPSA) is 74.9 Å². The van der Waals surface area contributed by atoms with Gasteiger partial charge in [0.15, 0.2) is 0 Å². The predicted octanol–water partition coefficient (Wildman–Crippen LogP) is 4.77. The largest absolute Gasteiger partial charge is 0.416 e. The van der Waals surface area contributed by atoms with Crippen LogP contribution in [0.15, 0.2) is 48.9 Å². The molecule has 11 heteroatoms. The van der Waals surface area contributed by atoms with E-state index in [0.29, 0.717) is 70.7 Å². The van der Waals surface area contributed by atoms with E-state index in [2.05, 4.69) is 10.3 Å². The molecule has 0 unspecified atom stereocenters. The van der Waals surface area contributed by atoms with Crippen molar-refractivity contribution in [3.63, 3.8) is 0 Å². The molecule has 1 saturated heterocycles. The number of halogens is 3. The maximum Gasteiger partial charge on any atom is 0.416 e. The third-order valence-corrected chi connectivity index (χ3v) is 8.20. The number of pyridine rings is 1. The van der Waals surface area contributed by atoms with E-state index in [-0.39, 0.29) is 25.0 Å². The van der Waals surface area contributed by atoms with Crippen molar-refractivity contribution in [2.75, 3.05) is 26.2 Å². The quantitative estimate of drug-likeness (QED) is 0.392. The van der Waals surface area contributed by atoms with Gasteiger partial charge >= 0.3 is 12.2 Å². The Bertz CT molecular complexity index is 1710. The van der Waals surface area contributed by atoms with Crippen LogP contribution in [-0.4, -0.2) is 61.9 Å². The predicted molar refractivity (Wildman–Crippen MR) is 143 cm³/mol. The van der Waals surface area contributed by atoms with E-state index in [9.17, 15) is 22.8 Å². The van der Waals surface area contributed by atoms with Crippen molar-refractivity contribution in [1.29, 1.82) is 0 Å². The van der Waals surface area contributed by atoms with Crippen LogP contribution in [0, 0.1) is 0 Å². The Labute approximate surface area is 227 Å². The van der Waals surface area contributed by atoms with Crippen molar-refractivity contribution in [1.82, 2.24) is 29.1 Å². The number of piperidine rings is 1. The van der Waals surface area contributed by atoms with Crippen molar-refractivity contribution in [2.24, 2.45) is 0 Å². The molecule has 0 saturated carbocycles. The Kier molecular flexibility index (Phi) is 5.65. The third-order valence-electron chi connectivity index (χ3n) is 8.20. The van der Waals surface area contributed by atoms with Crippen LogP contribution in [0.1, 0.15) is 41.6 Å². The fourth-order valence-corrected chi connectivity index (χ4v) is 6.29. The number of benzene rings is 1.